The highest BCUT2D eigenvalue weighted by Crippen LogP contribution is 2.27. The van der Waals surface area contributed by atoms with Crippen LogP contribution in [0, 0.1) is 0 Å². The number of hydrogen-bond acceptors (Lipinski definition) is 5. The number of aromatic nitrogens is 3. The summed E-state index contributed by atoms with van der Waals surface area (Å²) in [5.41, 5.74) is 4.13. The molecule has 1 saturated heterocycles. The molecule has 0 aliphatic carbocycles. The lowest BCUT2D eigenvalue weighted by atomic mass is 10.1. The first-order valence-electron chi connectivity index (χ1n) is 9.81. The predicted octanol–water partition coefficient (Wildman–Crippen LogP) is 4.25. The molecule has 0 unspecified atom stereocenters. The van der Waals surface area contributed by atoms with Crippen molar-refractivity contribution >= 4 is 10.9 Å². The molecule has 146 valence electrons. The maximum absolute atomic E-state index is 6.03. The van der Waals surface area contributed by atoms with E-state index in [0.29, 0.717) is 0 Å². The Hall–Kier alpha value is -3.22. The molecule has 1 N–H and O–H groups in total. The Balaban J connectivity index is 1.30. The number of nitrogens with zero attached hydrogens (tertiary/aromatic N) is 3. The number of ether oxygens (including phenoxy) is 2. The number of pyridine rings is 1. The highest BCUT2D eigenvalue weighted by molar-refractivity contribution is 5.80. The SMILES string of the molecule is c1cc(-c2ccc(Oc3ccc4nc(CN5CCOCC5)ccc4c3)cc2)[nH]n1. The van der Waals surface area contributed by atoms with E-state index in [4.69, 9.17) is 14.5 Å². The van der Waals surface area contributed by atoms with Gasteiger partial charge in [0.25, 0.3) is 0 Å². The maximum atomic E-state index is 6.03. The van der Waals surface area contributed by atoms with E-state index in [0.717, 1.165) is 72.2 Å². The van der Waals surface area contributed by atoms with Crippen molar-refractivity contribution in [1.82, 2.24) is 20.1 Å². The van der Waals surface area contributed by atoms with Crippen molar-refractivity contribution in [1.29, 1.82) is 0 Å². The largest absolute Gasteiger partial charge is 0.457 e. The van der Waals surface area contributed by atoms with Gasteiger partial charge in [-0.2, -0.15) is 5.10 Å². The highest BCUT2D eigenvalue weighted by atomic mass is 16.5. The summed E-state index contributed by atoms with van der Waals surface area (Å²) in [6.07, 6.45) is 1.75. The number of rotatable bonds is 5. The Kier molecular flexibility index (Phi) is 4.94. The van der Waals surface area contributed by atoms with Crippen LogP contribution in [0.5, 0.6) is 11.5 Å². The van der Waals surface area contributed by atoms with E-state index in [1.807, 2.05) is 48.5 Å². The molecule has 0 bridgehead atoms. The second kappa shape index (κ2) is 8.03. The van der Waals surface area contributed by atoms with Gasteiger partial charge in [0.1, 0.15) is 11.5 Å². The zero-order valence-electron chi connectivity index (χ0n) is 16.0. The molecule has 0 radical (unpaired) electrons. The van der Waals surface area contributed by atoms with Crippen LogP contribution in [-0.2, 0) is 11.3 Å². The molecule has 1 aliphatic heterocycles. The van der Waals surface area contributed by atoms with Crippen LogP contribution in [0.1, 0.15) is 5.69 Å². The fourth-order valence-electron chi connectivity index (χ4n) is 3.54. The Morgan fingerprint density at radius 3 is 2.55 bits per heavy atom. The third-order valence-corrected chi connectivity index (χ3v) is 5.11. The second-order valence-corrected chi connectivity index (χ2v) is 7.14. The van der Waals surface area contributed by atoms with Crippen LogP contribution in [0.25, 0.3) is 22.2 Å². The number of hydrogen-bond donors (Lipinski definition) is 1. The van der Waals surface area contributed by atoms with Gasteiger partial charge in [0.2, 0.25) is 0 Å². The van der Waals surface area contributed by atoms with Crippen LogP contribution in [0.15, 0.2) is 66.9 Å². The van der Waals surface area contributed by atoms with E-state index in [1.54, 1.807) is 6.20 Å². The minimum Gasteiger partial charge on any atom is -0.457 e. The zero-order chi connectivity index (χ0) is 19.5. The van der Waals surface area contributed by atoms with E-state index in [-0.39, 0.29) is 0 Å². The van der Waals surface area contributed by atoms with Crippen molar-refractivity contribution < 1.29 is 9.47 Å². The van der Waals surface area contributed by atoms with Gasteiger partial charge in [-0.05, 0) is 60.2 Å². The molecule has 1 fully saturated rings. The molecule has 2 aromatic heterocycles. The van der Waals surface area contributed by atoms with Crippen LogP contribution >= 0.6 is 0 Å². The van der Waals surface area contributed by atoms with Gasteiger partial charge >= 0.3 is 0 Å². The summed E-state index contributed by atoms with van der Waals surface area (Å²) in [5.74, 6) is 1.60. The van der Waals surface area contributed by atoms with Gasteiger partial charge in [-0.15, -0.1) is 0 Å². The van der Waals surface area contributed by atoms with Crippen molar-refractivity contribution in [2.24, 2.45) is 0 Å². The first-order chi connectivity index (χ1) is 14.3. The molecule has 2 aromatic carbocycles. The minimum absolute atomic E-state index is 0.796. The van der Waals surface area contributed by atoms with Crippen molar-refractivity contribution in [2.75, 3.05) is 26.3 Å². The molecule has 6 nitrogen and oxygen atoms in total. The first-order valence-corrected chi connectivity index (χ1v) is 9.81. The summed E-state index contributed by atoms with van der Waals surface area (Å²) in [4.78, 5) is 7.19. The third-order valence-electron chi connectivity index (χ3n) is 5.11. The Labute approximate surface area is 169 Å². The second-order valence-electron chi connectivity index (χ2n) is 7.14. The molecule has 0 amide bonds. The molecule has 29 heavy (non-hydrogen) atoms. The molecule has 3 heterocycles. The van der Waals surface area contributed by atoms with Gasteiger partial charge in [-0.3, -0.25) is 15.0 Å². The van der Waals surface area contributed by atoms with Crippen molar-refractivity contribution in [3.8, 4) is 22.8 Å². The molecule has 0 saturated carbocycles. The van der Waals surface area contributed by atoms with Crippen LogP contribution in [0.2, 0.25) is 0 Å². The van der Waals surface area contributed by atoms with Gasteiger partial charge < -0.3 is 9.47 Å². The van der Waals surface area contributed by atoms with Crippen molar-refractivity contribution in [3.63, 3.8) is 0 Å². The summed E-state index contributed by atoms with van der Waals surface area (Å²) < 4.78 is 11.4. The van der Waals surface area contributed by atoms with Gasteiger partial charge in [0, 0.05) is 31.2 Å². The average Bonchev–Trinajstić information content (AvgIpc) is 3.30. The Bertz CT molecular complexity index is 1090. The molecular formula is C23H22N4O2. The van der Waals surface area contributed by atoms with Crippen LogP contribution in [0.3, 0.4) is 0 Å². The zero-order valence-corrected chi connectivity index (χ0v) is 16.0. The van der Waals surface area contributed by atoms with Gasteiger partial charge in [0.05, 0.1) is 30.1 Å². The van der Waals surface area contributed by atoms with E-state index < -0.39 is 0 Å². The van der Waals surface area contributed by atoms with Gasteiger partial charge in [-0.25, -0.2) is 0 Å². The number of nitrogens with one attached hydrogen (secondary N) is 1. The quantitative estimate of drug-likeness (QED) is 0.556. The number of benzene rings is 2. The van der Waals surface area contributed by atoms with E-state index in [9.17, 15) is 0 Å². The normalized spacial score (nSPS) is 14.9. The number of H-pyrrole nitrogens is 1. The van der Waals surface area contributed by atoms with Crippen LogP contribution in [-0.4, -0.2) is 46.4 Å². The Morgan fingerprint density at radius 2 is 1.76 bits per heavy atom. The molecule has 6 heteroatoms. The predicted molar refractivity (Wildman–Crippen MR) is 112 cm³/mol. The van der Waals surface area contributed by atoms with Gasteiger partial charge in [-0.1, -0.05) is 6.07 Å². The van der Waals surface area contributed by atoms with Crippen LogP contribution < -0.4 is 4.74 Å². The standard InChI is InChI=1S/C23H22N4O2/c1-4-19(16-27-11-13-28-14-12-27)25-22-8-7-21(15-18(1)22)29-20-5-2-17(3-6-20)23-9-10-24-26-23/h1-10,15H,11-14,16H2,(H,24,26). The summed E-state index contributed by atoms with van der Waals surface area (Å²) in [6.45, 7) is 4.39. The summed E-state index contributed by atoms with van der Waals surface area (Å²) in [5, 5.41) is 8.02. The molecular weight excluding hydrogens is 364 g/mol. The summed E-state index contributed by atoms with van der Waals surface area (Å²) >= 11 is 0. The molecule has 5 rings (SSSR count). The van der Waals surface area contributed by atoms with Gasteiger partial charge in [0.15, 0.2) is 0 Å². The molecule has 0 atom stereocenters. The number of morpholine rings is 1. The number of aromatic amines is 1. The smallest absolute Gasteiger partial charge is 0.128 e. The molecule has 0 spiro atoms. The van der Waals surface area contributed by atoms with E-state index >= 15 is 0 Å². The Morgan fingerprint density at radius 1 is 0.931 bits per heavy atom. The fourth-order valence-corrected chi connectivity index (χ4v) is 3.54. The monoisotopic (exact) mass is 386 g/mol. The lowest BCUT2D eigenvalue weighted by Gasteiger charge is -2.26. The number of fused-ring (bicyclic) bond motifs is 1. The topological polar surface area (TPSA) is 63.3 Å². The summed E-state index contributed by atoms with van der Waals surface area (Å²) in [7, 11) is 0. The maximum Gasteiger partial charge on any atom is 0.128 e. The van der Waals surface area contributed by atoms with Crippen molar-refractivity contribution in [3.05, 3.63) is 72.6 Å². The minimum atomic E-state index is 0.796. The van der Waals surface area contributed by atoms with E-state index in [2.05, 4.69) is 27.2 Å². The van der Waals surface area contributed by atoms with Crippen LogP contribution in [0.4, 0.5) is 0 Å². The third kappa shape index (κ3) is 4.13. The summed E-state index contributed by atoms with van der Waals surface area (Å²) in [6, 6.07) is 20.1. The lowest BCUT2D eigenvalue weighted by molar-refractivity contribution is 0.0337. The lowest BCUT2D eigenvalue weighted by Crippen LogP contribution is -2.35. The first kappa shape index (κ1) is 17.8. The van der Waals surface area contributed by atoms with E-state index in [1.165, 1.54) is 0 Å². The molecule has 4 aromatic rings. The fraction of sp³-hybridized carbons (Fsp3) is 0.217. The molecule has 1 aliphatic rings. The highest BCUT2D eigenvalue weighted by Gasteiger charge is 2.12. The average molecular weight is 386 g/mol. The van der Waals surface area contributed by atoms with Crippen molar-refractivity contribution in [2.45, 2.75) is 6.54 Å².